The summed E-state index contributed by atoms with van der Waals surface area (Å²) in [4.78, 5) is 17.7. The molecule has 0 spiro atoms. The lowest BCUT2D eigenvalue weighted by atomic mass is 10.2. The number of carbonyl (C=O) groups excluding carboxylic acids is 1. The Morgan fingerprint density at radius 1 is 1.09 bits per heavy atom. The molecule has 3 aromatic rings. The van der Waals surface area contributed by atoms with Gasteiger partial charge in [-0.05, 0) is 57.5 Å². The zero-order valence-electron chi connectivity index (χ0n) is 19.2. The molecule has 0 bridgehead atoms. The number of nitrogens with zero attached hydrogens (tertiary/aromatic N) is 2. The highest BCUT2D eigenvalue weighted by atomic mass is 32.2. The monoisotopic (exact) mass is 490 g/mol. The van der Waals surface area contributed by atoms with E-state index in [-0.39, 0.29) is 29.4 Å². The number of sulfone groups is 1. The van der Waals surface area contributed by atoms with Crippen LogP contribution in [-0.2, 0) is 25.9 Å². The summed E-state index contributed by atoms with van der Waals surface area (Å²) in [5.74, 6) is 0.337. The third-order valence-electron chi connectivity index (χ3n) is 5.03. The van der Waals surface area contributed by atoms with Crippen LogP contribution in [0.3, 0.4) is 0 Å². The number of carbonyl (C=O) groups is 1. The Morgan fingerprint density at radius 3 is 2.55 bits per heavy atom. The second-order valence-electron chi connectivity index (χ2n) is 7.54. The van der Waals surface area contributed by atoms with E-state index < -0.39 is 9.84 Å². The van der Waals surface area contributed by atoms with Crippen molar-refractivity contribution in [2.45, 2.75) is 45.1 Å². The maximum absolute atomic E-state index is 12.6. The molecule has 0 aliphatic heterocycles. The molecular formula is C24H30N2O5S2. The van der Waals surface area contributed by atoms with Crippen molar-refractivity contribution in [1.82, 2.24) is 4.57 Å². The van der Waals surface area contributed by atoms with E-state index in [0.29, 0.717) is 31.2 Å². The van der Waals surface area contributed by atoms with Crippen LogP contribution in [0.2, 0.25) is 0 Å². The zero-order valence-corrected chi connectivity index (χ0v) is 20.9. The summed E-state index contributed by atoms with van der Waals surface area (Å²) in [6.07, 6.45) is 0.284. The minimum absolute atomic E-state index is 0.0645. The molecule has 0 saturated heterocycles. The van der Waals surface area contributed by atoms with Crippen LogP contribution in [0, 0.1) is 6.92 Å². The summed E-state index contributed by atoms with van der Waals surface area (Å²) in [7, 11) is -3.43. The number of aromatic nitrogens is 1. The van der Waals surface area contributed by atoms with Gasteiger partial charge in [-0.25, -0.2) is 8.42 Å². The smallest absolute Gasteiger partial charge is 0.248 e. The molecule has 0 unspecified atom stereocenters. The Hall–Kier alpha value is -2.49. The number of ether oxygens (including phenoxy) is 2. The Balaban J connectivity index is 1.76. The summed E-state index contributed by atoms with van der Waals surface area (Å²) >= 11 is 1.41. The van der Waals surface area contributed by atoms with Gasteiger partial charge in [-0.3, -0.25) is 4.79 Å². The third-order valence-corrected chi connectivity index (χ3v) is 7.89. The van der Waals surface area contributed by atoms with Gasteiger partial charge < -0.3 is 14.0 Å². The average Bonchev–Trinajstić information content (AvgIpc) is 3.10. The molecule has 1 aromatic heterocycles. The molecule has 2 aromatic carbocycles. The number of hydrogen-bond donors (Lipinski definition) is 0. The summed E-state index contributed by atoms with van der Waals surface area (Å²) in [6, 6.07) is 12.5. The minimum Gasteiger partial charge on any atom is -0.494 e. The minimum atomic E-state index is -3.43. The van der Waals surface area contributed by atoms with E-state index in [4.69, 9.17) is 9.47 Å². The van der Waals surface area contributed by atoms with Crippen LogP contribution in [0.5, 0.6) is 5.75 Å². The van der Waals surface area contributed by atoms with Crippen LogP contribution in [-0.4, -0.2) is 44.5 Å². The van der Waals surface area contributed by atoms with Gasteiger partial charge in [0.15, 0.2) is 14.6 Å². The van der Waals surface area contributed by atoms with Crippen LogP contribution in [0.4, 0.5) is 0 Å². The van der Waals surface area contributed by atoms with Gasteiger partial charge in [-0.1, -0.05) is 29.0 Å². The zero-order chi connectivity index (χ0) is 23.8. The number of rotatable bonds is 11. The predicted molar refractivity (Wildman–Crippen MR) is 131 cm³/mol. The third kappa shape index (κ3) is 6.75. The fraction of sp³-hybridized carbons (Fsp3) is 0.417. The molecule has 3 rings (SSSR count). The normalized spacial score (nSPS) is 12.4. The Bertz CT molecular complexity index is 1260. The lowest BCUT2D eigenvalue weighted by Crippen LogP contribution is -2.20. The quantitative estimate of drug-likeness (QED) is 0.377. The first-order chi connectivity index (χ1) is 15.8. The molecule has 0 aliphatic carbocycles. The fourth-order valence-corrected chi connectivity index (χ4v) is 5.76. The average molecular weight is 491 g/mol. The second kappa shape index (κ2) is 11.6. The van der Waals surface area contributed by atoms with Gasteiger partial charge in [-0.2, -0.15) is 4.99 Å². The number of amides is 1. The SMILES string of the molecule is CCOCCn1c(=NC(=O)CCCS(=O)(=O)c2ccc(C)cc2)sc2cc(OCC)ccc21. The first kappa shape index (κ1) is 25.1. The van der Waals surface area contributed by atoms with Crippen LogP contribution >= 0.6 is 11.3 Å². The maximum atomic E-state index is 12.6. The maximum Gasteiger partial charge on any atom is 0.248 e. The van der Waals surface area contributed by atoms with Crippen molar-refractivity contribution >= 4 is 37.3 Å². The summed E-state index contributed by atoms with van der Waals surface area (Å²) in [5, 5.41) is 0. The number of thiazole rings is 1. The molecule has 0 radical (unpaired) electrons. The van der Waals surface area contributed by atoms with E-state index in [1.165, 1.54) is 11.3 Å². The second-order valence-corrected chi connectivity index (χ2v) is 10.7. The standard InChI is InChI=1S/C24H30N2O5S2/c1-4-30-15-14-26-21-13-10-19(31-5-2)17-22(21)32-24(26)25-23(27)7-6-16-33(28,29)20-11-8-18(3)9-12-20/h8-13,17H,4-7,14-16H2,1-3H3. The first-order valence-corrected chi connectivity index (χ1v) is 13.5. The largest absolute Gasteiger partial charge is 0.494 e. The van der Waals surface area contributed by atoms with Gasteiger partial charge in [0.25, 0.3) is 0 Å². The van der Waals surface area contributed by atoms with E-state index in [1.807, 2.05) is 43.5 Å². The molecule has 0 N–H and O–H groups in total. The van der Waals surface area contributed by atoms with Gasteiger partial charge in [0.05, 0.1) is 34.1 Å². The first-order valence-electron chi connectivity index (χ1n) is 11.0. The van der Waals surface area contributed by atoms with Gasteiger partial charge >= 0.3 is 0 Å². The van der Waals surface area contributed by atoms with Crippen molar-refractivity contribution in [3.05, 3.63) is 52.8 Å². The Morgan fingerprint density at radius 2 is 1.85 bits per heavy atom. The predicted octanol–water partition coefficient (Wildman–Crippen LogP) is 4.13. The van der Waals surface area contributed by atoms with Crippen LogP contribution in [0.15, 0.2) is 52.4 Å². The highest BCUT2D eigenvalue weighted by Crippen LogP contribution is 2.23. The van der Waals surface area contributed by atoms with E-state index in [2.05, 4.69) is 4.99 Å². The highest BCUT2D eigenvalue weighted by Gasteiger charge is 2.15. The van der Waals surface area contributed by atoms with Gasteiger partial charge in [0.2, 0.25) is 5.91 Å². The van der Waals surface area contributed by atoms with Crippen LogP contribution in [0.1, 0.15) is 32.3 Å². The molecule has 1 amide bonds. The fourth-order valence-electron chi connectivity index (χ4n) is 3.35. The molecule has 0 atom stereocenters. The number of hydrogen-bond acceptors (Lipinski definition) is 6. The topological polar surface area (TPSA) is 87.0 Å². The van der Waals surface area contributed by atoms with E-state index >= 15 is 0 Å². The molecule has 178 valence electrons. The Kier molecular flexibility index (Phi) is 8.82. The molecule has 1 heterocycles. The van der Waals surface area contributed by atoms with E-state index in [9.17, 15) is 13.2 Å². The van der Waals surface area contributed by atoms with Crippen LogP contribution in [0.25, 0.3) is 10.2 Å². The highest BCUT2D eigenvalue weighted by molar-refractivity contribution is 7.91. The lowest BCUT2D eigenvalue weighted by molar-refractivity contribution is -0.118. The molecular weight excluding hydrogens is 460 g/mol. The van der Waals surface area contributed by atoms with Crippen molar-refractivity contribution in [3.8, 4) is 5.75 Å². The van der Waals surface area contributed by atoms with Gasteiger partial charge in [-0.15, -0.1) is 0 Å². The summed E-state index contributed by atoms with van der Waals surface area (Å²) in [5.41, 5.74) is 1.95. The molecule has 9 heteroatoms. The number of aryl methyl sites for hydroxylation is 1. The summed E-state index contributed by atoms with van der Waals surface area (Å²) < 4.78 is 39.0. The lowest BCUT2D eigenvalue weighted by Gasteiger charge is -2.07. The molecule has 33 heavy (non-hydrogen) atoms. The molecule has 7 nitrogen and oxygen atoms in total. The number of benzene rings is 2. The number of fused-ring (bicyclic) bond motifs is 1. The van der Waals surface area contributed by atoms with Gasteiger partial charge in [0.1, 0.15) is 5.75 Å². The van der Waals surface area contributed by atoms with E-state index in [1.54, 1.807) is 24.3 Å². The van der Waals surface area contributed by atoms with Crippen molar-refractivity contribution < 1.29 is 22.7 Å². The molecule has 0 fully saturated rings. The molecule has 0 saturated carbocycles. The van der Waals surface area contributed by atoms with Crippen molar-refractivity contribution in [3.63, 3.8) is 0 Å². The van der Waals surface area contributed by atoms with Crippen molar-refractivity contribution in [2.75, 3.05) is 25.6 Å². The van der Waals surface area contributed by atoms with Crippen molar-refractivity contribution in [1.29, 1.82) is 0 Å². The van der Waals surface area contributed by atoms with Gasteiger partial charge in [0, 0.05) is 19.6 Å². The summed E-state index contributed by atoms with van der Waals surface area (Å²) in [6.45, 7) is 8.02. The Labute approximate surface area is 198 Å². The van der Waals surface area contributed by atoms with Crippen molar-refractivity contribution in [2.24, 2.45) is 4.99 Å². The van der Waals surface area contributed by atoms with E-state index in [0.717, 1.165) is 21.5 Å². The molecule has 0 aliphatic rings. The van der Waals surface area contributed by atoms with Crippen LogP contribution < -0.4 is 9.54 Å².